The smallest absolute Gasteiger partial charge is 0.131 e. The van der Waals surface area contributed by atoms with Crippen LogP contribution < -0.4 is 10.1 Å². The van der Waals surface area contributed by atoms with Gasteiger partial charge >= 0.3 is 0 Å². The van der Waals surface area contributed by atoms with Crippen molar-refractivity contribution >= 4 is 27.5 Å². The molecule has 2 aromatic carbocycles. The van der Waals surface area contributed by atoms with Gasteiger partial charge in [0.25, 0.3) is 0 Å². The number of nitrogens with one attached hydrogen (secondary N) is 1. The molecule has 0 aromatic heterocycles. The van der Waals surface area contributed by atoms with Gasteiger partial charge in [0.05, 0.1) is 0 Å². The molecular weight excluding hydrogens is 350 g/mol. The van der Waals surface area contributed by atoms with Gasteiger partial charge in [0.1, 0.15) is 11.5 Å². The Bertz CT molecular complexity index is 646. The summed E-state index contributed by atoms with van der Waals surface area (Å²) in [4.78, 5) is 0. The van der Waals surface area contributed by atoms with Gasteiger partial charge in [-0.2, -0.15) is 0 Å². The quantitative estimate of drug-likeness (QED) is 0.778. The highest BCUT2D eigenvalue weighted by Gasteiger charge is 2.31. The van der Waals surface area contributed by atoms with E-state index in [0.717, 1.165) is 34.0 Å². The Morgan fingerprint density at radius 2 is 1.86 bits per heavy atom. The van der Waals surface area contributed by atoms with Crippen molar-refractivity contribution in [3.8, 4) is 11.5 Å². The van der Waals surface area contributed by atoms with Crippen molar-refractivity contribution in [2.24, 2.45) is 0 Å². The molecule has 21 heavy (non-hydrogen) atoms. The average Bonchev–Trinajstić information content (AvgIpc) is 2.62. The molecule has 1 heterocycles. The highest BCUT2D eigenvalue weighted by Crippen LogP contribution is 2.47. The third-order valence-electron chi connectivity index (χ3n) is 3.99. The summed E-state index contributed by atoms with van der Waals surface area (Å²) in [5.74, 6) is 2.49. The molecule has 0 spiro atoms. The molecule has 0 saturated heterocycles. The van der Waals surface area contributed by atoms with E-state index in [1.807, 2.05) is 37.4 Å². The molecule has 2 aromatic rings. The maximum Gasteiger partial charge on any atom is 0.131 e. The van der Waals surface area contributed by atoms with E-state index in [4.69, 9.17) is 16.3 Å². The molecule has 2 nitrogen and oxygen atoms in total. The van der Waals surface area contributed by atoms with Crippen molar-refractivity contribution in [1.29, 1.82) is 0 Å². The van der Waals surface area contributed by atoms with Gasteiger partial charge in [0.15, 0.2) is 0 Å². The molecular formula is C17H17BrClNO. The van der Waals surface area contributed by atoms with Gasteiger partial charge in [-0.1, -0.05) is 45.7 Å². The second-order valence-electron chi connectivity index (χ2n) is 5.25. The summed E-state index contributed by atoms with van der Waals surface area (Å²) in [5, 5.41) is 4.92. The van der Waals surface area contributed by atoms with E-state index in [2.05, 4.69) is 33.4 Å². The van der Waals surface area contributed by atoms with Gasteiger partial charge < -0.3 is 10.1 Å². The highest BCUT2D eigenvalue weighted by molar-refractivity contribution is 9.09. The Morgan fingerprint density at radius 1 is 1.10 bits per heavy atom. The van der Waals surface area contributed by atoms with Crippen LogP contribution in [0.2, 0.25) is 5.02 Å². The van der Waals surface area contributed by atoms with Crippen LogP contribution >= 0.6 is 27.5 Å². The fourth-order valence-electron chi connectivity index (χ4n) is 3.00. The predicted octanol–water partition coefficient (Wildman–Crippen LogP) is 4.93. The lowest BCUT2D eigenvalue weighted by molar-refractivity contribution is 0.477. The van der Waals surface area contributed by atoms with E-state index in [1.54, 1.807) is 0 Å². The SMILES string of the molecule is CNCC1c2ccccc2Oc2ccc(Cl)cc2C1CBr. The molecule has 0 bridgehead atoms. The third-order valence-corrected chi connectivity index (χ3v) is 4.92. The summed E-state index contributed by atoms with van der Waals surface area (Å²) in [6.07, 6.45) is 0. The standard InChI is InChI=1S/C17H17BrClNO/c1-20-10-15-12-4-2-3-5-16(12)21-17-7-6-11(19)8-13(17)14(15)9-18/h2-8,14-15,20H,9-10H2,1H3. The molecule has 2 unspecified atom stereocenters. The van der Waals surface area contributed by atoms with Crippen LogP contribution in [0.4, 0.5) is 0 Å². The normalized spacial score (nSPS) is 20.1. The van der Waals surface area contributed by atoms with Crippen LogP contribution in [0.25, 0.3) is 0 Å². The van der Waals surface area contributed by atoms with E-state index in [0.29, 0.717) is 11.8 Å². The number of para-hydroxylation sites is 1. The number of halogens is 2. The van der Waals surface area contributed by atoms with Crippen LogP contribution in [0.3, 0.4) is 0 Å². The summed E-state index contributed by atoms with van der Waals surface area (Å²) in [6.45, 7) is 0.891. The largest absolute Gasteiger partial charge is 0.457 e. The first-order valence-corrected chi connectivity index (χ1v) is 8.51. The van der Waals surface area contributed by atoms with Crippen molar-refractivity contribution < 1.29 is 4.74 Å². The van der Waals surface area contributed by atoms with Crippen LogP contribution in [0.1, 0.15) is 23.0 Å². The molecule has 1 aliphatic heterocycles. The summed E-state index contributed by atoms with van der Waals surface area (Å²) in [5.41, 5.74) is 2.40. The van der Waals surface area contributed by atoms with E-state index < -0.39 is 0 Å². The van der Waals surface area contributed by atoms with Gasteiger partial charge in [0.2, 0.25) is 0 Å². The average molecular weight is 367 g/mol. The highest BCUT2D eigenvalue weighted by atomic mass is 79.9. The molecule has 0 radical (unpaired) electrons. The van der Waals surface area contributed by atoms with Crippen molar-refractivity contribution in [2.75, 3.05) is 18.9 Å². The van der Waals surface area contributed by atoms with E-state index >= 15 is 0 Å². The van der Waals surface area contributed by atoms with Gasteiger partial charge in [-0.05, 0) is 36.9 Å². The minimum Gasteiger partial charge on any atom is -0.457 e. The number of benzene rings is 2. The fraction of sp³-hybridized carbons (Fsp3) is 0.294. The summed E-state index contributed by atoms with van der Waals surface area (Å²) >= 11 is 9.88. The van der Waals surface area contributed by atoms with Gasteiger partial charge in [-0.25, -0.2) is 0 Å². The number of ether oxygens (including phenoxy) is 1. The lowest BCUT2D eigenvalue weighted by Gasteiger charge is -2.25. The Labute approximate surface area is 138 Å². The van der Waals surface area contributed by atoms with Crippen LogP contribution in [0.15, 0.2) is 42.5 Å². The second-order valence-corrected chi connectivity index (χ2v) is 6.33. The number of hydrogen-bond acceptors (Lipinski definition) is 2. The number of hydrogen-bond donors (Lipinski definition) is 1. The Morgan fingerprint density at radius 3 is 2.62 bits per heavy atom. The number of alkyl halides is 1. The van der Waals surface area contributed by atoms with Crippen molar-refractivity contribution in [3.05, 3.63) is 58.6 Å². The first kappa shape index (κ1) is 14.9. The Kier molecular flexibility index (Phi) is 4.53. The Hall–Kier alpha value is -1.03. The van der Waals surface area contributed by atoms with Crippen LogP contribution in [0, 0.1) is 0 Å². The van der Waals surface area contributed by atoms with Crippen molar-refractivity contribution in [2.45, 2.75) is 11.8 Å². The third kappa shape index (κ3) is 2.83. The molecule has 3 rings (SSSR count). The predicted molar refractivity (Wildman–Crippen MR) is 91.2 cm³/mol. The van der Waals surface area contributed by atoms with E-state index in [9.17, 15) is 0 Å². The number of likely N-dealkylation sites (N-methyl/N-ethyl adjacent to an activating group) is 1. The van der Waals surface area contributed by atoms with Crippen LogP contribution in [-0.2, 0) is 0 Å². The zero-order valence-electron chi connectivity index (χ0n) is 11.8. The monoisotopic (exact) mass is 365 g/mol. The minimum absolute atomic E-state index is 0.315. The maximum atomic E-state index is 6.20. The summed E-state index contributed by atoms with van der Waals surface area (Å²) in [7, 11) is 1.98. The van der Waals surface area contributed by atoms with Gasteiger partial charge in [0, 0.05) is 34.3 Å². The number of fused-ring (bicyclic) bond motifs is 2. The minimum atomic E-state index is 0.315. The lowest BCUT2D eigenvalue weighted by atomic mass is 9.82. The van der Waals surface area contributed by atoms with Gasteiger partial charge in [-0.3, -0.25) is 0 Å². The van der Waals surface area contributed by atoms with Crippen LogP contribution in [-0.4, -0.2) is 18.9 Å². The van der Waals surface area contributed by atoms with E-state index in [1.165, 1.54) is 5.56 Å². The second kappa shape index (κ2) is 6.39. The zero-order valence-corrected chi connectivity index (χ0v) is 14.1. The molecule has 0 fully saturated rings. The molecule has 110 valence electrons. The Balaban J connectivity index is 2.19. The number of rotatable bonds is 3. The van der Waals surface area contributed by atoms with Crippen LogP contribution in [0.5, 0.6) is 11.5 Å². The van der Waals surface area contributed by atoms with Crippen molar-refractivity contribution in [3.63, 3.8) is 0 Å². The summed E-state index contributed by atoms with van der Waals surface area (Å²) < 4.78 is 6.16. The molecule has 0 saturated carbocycles. The maximum absolute atomic E-state index is 6.20. The first-order valence-electron chi connectivity index (χ1n) is 7.01. The first-order chi connectivity index (χ1) is 10.2. The lowest BCUT2D eigenvalue weighted by Crippen LogP contribution is -2.23. The molecule has 0 aliphatic carbocycles. The molecule has 0 amide bonds. The molecule has 1 aliphatic rings. The molecule has 2 atom stereocenters. The van der Waals surface area contributed by atoms with Gasteiger partial charge in [-0.15, -0.1) is 0 Å². The van der Waals surface area contributed by atoms with Crippen molar-refractivity contribution in [1.82, 2.24) is 5.32 Å². The topological polar surface area (TPSA) is 21.3 Å². The molecule has 1 N–H and O–H groups in total. The van der Waals surface area contributed by atoms with E-state index in [-0.39, 0.29) is 0 Å². The zero-order chi connectivity index (χ0) is 14.8. The molecule has 4 heteroatoms. The fourth-order valence-corrected chi connectivity index (χ4v) is 3.98. The summed E-state index contributed by atoms with van der Waals surface area (Å²) in [6, 6.07) is 14.1.